The lowest BCUT2D eigenvalue weighted by Gasteiger charge is -2.13. The number of nitrogens with two attached hydrogens (primary N) is 2. The maximum Gasteiger partial charge on any atom is 0.417 e. The van der Waals surface area contributed by atoms with Crippen molar-refractivity contribution < 1.29 is 35.9 Å². The minimum atomic E-state index is -4.88. The number of anilines is 1. The van der Waals surface area contributed by atoms with Crippen LogP contribution in [0.3, 0.4) is 0 Å². The number of halogens is 6. The third-order valence-corrected chi connectivity index (χ3v) is 4.65. The summed E-state index contributed by atoms with van der Waals surface area (Å²) in [6.07, 6.45) is -9.72. The Kier molecular flexibility index (Phi) is 7.85. The monoisotopic (exact) mass is 521 g/mol. The van der Waals surface area contributed by atoms with Crippen LogP contribution in [-0.4, -0.2) is 23.1 Å². The molecule has 0 bridgehead atoms. The first-order chi connectivity index (χ1) is 17.2. The summed E-state index contributed by atoms with van der Waals surface area (Å²) in [5.41, 5.74) is 6.44. The largest absolute Gasteiger partial charge is 0.417 e. The number of benzene rings is 2. The van der Waals surface area contributed by atoms with Gasteiger partial charge in [-0.3, -0.25) is 21.1 Å². The predicted octanol–water partition coefficient (Wildman–Crippen LogP) is 3.70. The fraction of sp³-hybridized carbons (Fsp3) is 0.125. The molecule has 0 unspecified atom stereocenters. The average Bonchev–Trinajstić information content (AvgIpc) is 2.81. The van der Waals surface area contributed by atoms with E-state index in [0.29, 0.717) is 18.2 Å². The molecule has 3 aromatic rings. The lowest BCUT2D eigenvalue weighted by Crippen LogP contribution is -2.48. The lowest BCUT2D eigenvalue weighted by atomic mass is 10.0. The number of alkyl halides is 6. The molecule has 1 aromatic heterocycles. The zero-order valence-corrected chi connectivity index (χ0v) is 18.5. The Bertz CT molecular complexity index is 1380. The molecule has 192 valence electrons. The van der Waals surface area contributed by atoms with Crippen molar-refractivity contribution in [1.29, 1.82) is 0 Å². The van der Waals surface area contributed by atoms with Crippen LogP contribution in [0.25, 0.3) is 0 Å². The number of carbonyl (C=O) groups is 2. The summed E-state index contributed by atoms with van der Waals surface area (Å²) in [5.74, 6) is 2.69. The van der Waals surface area contributed by atoms with Crippen molar-refractivity contribution in [3.05, 3.63) is 94.2 Å². The van der Waals surface area contributed by atoms with Crippen LogP contribution < -0.4 is 22.1 Å². The first kappa shape index (κ1) is 27.2. The summed E-state index contributed by atoms with van der Waals surface area (Å²) in [7, 11) is 0. The van der Waals surface area contributed by atoms with Crippen LogP contribution in [0.5, 0.6) is 0 Å². The van der Waals surface area contributed by atoms with E-state index < -0.39 is 52.7 Å². The maximum absolute atomic E-state index is 13.5. The molecule has 37 heavy (non-hydrogen) atoms. The Morgan fingerprint density at radius 2 is 1.54 bits per heavy atom. The fourth-order valence-corrected chi connectivity index (χ4v) is 3.05. The van der Waals surface area contributed by atoms with Crippen molar-refractivity contribution in [2.45, 2.75) is 18.6 Å². The maximum atomic E-state index is 13.5. The number of carbonyl (C=O) groups excluding carboxylic acids is 2. The summed E-state index contributed by atoms with van der Waals surface area (Å²) in [4.78, 5) is 28.5. The van der Waals surface area contributed by atoms with Crippen LogP contribution in [0.15, 0.2) is 60.8 Å². The third kappa shape index (κ3) is 7.29. The van der Waals surface area contributed by atoms with Gasteiger partial charge in [-0.1, -0.05) is 17.9 Å². The van der Waals surface area contributed by atoms with E-state index in [9.17, 15) is 35.9 Å². The molecule has 0 aliphatic rings. The van der Waals surface area contributed by atoms with Gasteiger partial charge >= 0.3 is 12.4 Å². The second kappa shape index (κ2) is 10.7. The van der Waals surface area contributed by atoms with Gasteiger partial charge in [-0.2, -0.15) is 26.3 Å². The molecule has 0 radical (unpaired) electrons. The van der Waals surface area contributed by atoms with E-state index in [4.69, 9.17) is 11.5 Å². The quantitative estimate of drug-likeness (QED) is 0.237. The number of pyridine rings is 1. The van der Waals surface area contributed by atoms with Gasteiger partial charge < -0.3 is 10.6 Å². The summed E-state index contributed by atoms with van der Waals surface area (Å²) in [6, 6.07) is 9.12. The van der Waals surface area contributed by atoms with E-state index in [1.165, 1.54) is 18.3 Å². The van der Waals surface area contributed by atoms with Gasteiger partial charge in [0, 0.05) is 22.9 Å². The molecule has 0 saturated carbocycles. The molecule has 2 amide bonds. The molecule has 0 atom stereocenters. The van der Waals surface area contributed by atoms with E-state index in [0.717, 1.165) is 18.2 Å². The molecule has 13 heteroatoms. The fourth-order valence-electron chi connectivity index (χ4n) is 3.05. The van der Waals surface area contributed by atoms with Gasteiger partial charge in [0.2, 0.25) is 0 Å². The summed E-state index contributed by atoms with van der Waals surface area (Å²) >= 11 is 0. The highest BCUT2D eigenvalue weighted by molar-refractivity contribution is 6.05. The van der Waals surface area contributed by atoms with Crippen LogP contribution >= 0.6 is 0 Å². The first-order valence-electron chi connectivity index (χ1n) is 10.2. The molecule has 0 aliphatic heterocycles. The van der Waals surface area contributed by atoms with Crippen LogP contribution in [0.4, 0.5) is 32.2 Å². The Hall–Kier alpha value is -4.41. The molecule has 0 saturated heterocycles. The molecule has 2 aromatic carbocycles. The van der Waals surface area contributed by atoms with Crippen molar-refractivity contribution >= 4 is 17.6 Å². The number of aromatic nitrogens is 1. The minimum absolute atomic E-state index is 0.00378. The molecule has 0 spiro atoms. The van der Waals surface area contributed by atoms with Crippen molar-refractivity contribution in [1.82, 2.24) is 10.3 Å². The molecule has 3 rings (SSSR count). The molecular weight excluding hydrogens is 504 g/mol. The molecule has 0 aliphatic carbocycles. The van der Waals surface area contributed by atoms with Crippen molar-refractivity contribution in [3.8, 4) is 11.8 Å². The minimum Gasteiger partial charge on any atom is -0.324 e. The molecular formula is C24H17F6N5O2. The SMILES string of the molecule is NC(N)NC(=O)c1cc(C#Cc2ccc(C(F)(F)F)c(C(=O)Nc3ccccn3)c2)cc(C(F)(F)F)c1. The second-order valence-electron chi connectivity index (χ2n) is 7.47. The molecule has 7 nitrogen and oxygen atoms in total. The number of hydrogen-bond acceptors (Lipinski definition) is 5. The van der Waals surface area contributed by atoms with E-state index in [2.05, 4.69) is 22.1 Å². The van der Waals surface area contributed by atoms with Crippen molar-refractivity contribution in [2.75, 3.05) is 5.32 Å². The van der Waals surface area contributed by atoms with Crippen LogP contribution in [0.1, 0.15) is 43.0 Å². The Morgan fingerprint density at radius 3 is 2.14 bits per heavy atom. The number of nitrogens with zero attached hydrogens (tertiary/aromatic N) is 1. The highest BCUT2D eigenvalue weighted by Crippen LogP contribution is 2.33. The zero-order chi connectivity index (χ0) is 27.4. The standard InChI is InChI=1S/C24H17F6N5O2/c25-23(26,27)16-10-14(9-15(12-16)20(36)35-22(31)32)5-4-13-6-7-18(24(28,29)30)17(11-13)21(37)34-19-3-1-2-8-33-19/h1-3,6-12,22H,31-32H2,(H,35,36)(H,33,34,37). The zero-order valence-electron chi connectivity index (χ0n) is 18.5. The normalized spacial score (nSPS) is 11.5. The Morgan fingerprint density at radius 1 is 0.838 bits per heavy atom. The van der Waals surface area contributed by atoms with Crippen LogP contribution in [-0.2, 0) is 12.4 Å². The molecule has 0 fully saturated rings. The average molecular weight is 521 g/mol. The van der Waals surface area contributed by atoms with Crippen molar-refractivity contribution in [2.24, 2.45) is 11.5 Å². The third-order valence-electron chi connectivity index (χ3n) is 4.65. The van der Waals surface area contributed by atoms with E-state index in [1.807, 2.05) is 5.32 Å². The van der Waals surface area contributed by atoms with E-state index in [1.54, 1.807) is 6.07 Å². The molecule has 1 heterocycles. The van der Waals surface area contributed by atoms with Gasteiger partial charge in [-0.05, 0) is 48.5 Å². The topological polar surface area (TPSA) is 123 Å². The Labute approximate surface area is 205 Å². The van der Waals surface area contributed by atoms with Crippen LogP contribution in [0.2, 0.25) is 0 Å². The van der Waals surface area contributed by atoms with E-state index in [-0.39, 0.29) is 16.9 Å². The van der Waals surface area contributed by atoms with Gasteiger partial charge in [0.1, 0.15) is 12.1 Å². The predicted molar refractivity (Wildman–Crippen MR) is 121 cm³/mol. The lowest BCUT2D eigenvalue weighted by molar-refractivity contribution is -0.138. The number of amides is 2. The number of rotatable bonds is 4. The van der Waals surface area contributed by atoms with Gasteiger partial charge in [0.05, 0.1) is 16.7 Å². The summed E-state index contributed by atoms with van der Waals surface area (Å²) in [5, 5.41) is 4.29. The number of hydrogen-bond donors (Lipinski definition) is 4. The van der Waals surface area contributed by atoms with E-state index >= 15 is 0 Å². The second-order valence-corrected chi connectivity index (χ2v) is 7.47. The molecule has 6 N–H and O–H groups in total. The number of nitrogens with one attached hydrogen (secondary N) is 2. The van der Waals surface area contributed by atoms with Gasteiger partial charge in [-0.25, -0.2) is 4.98 Å². The van der Waals surface area contributed by atoms with Crippen molar-refractivity contribution in [3.63, 3.8) is 0 Å². The smallest absolute Gasteiger partial charge is 0.324 e. The van der Waals surface area contributed by atoms with Gasteiger partial charge in [-0.15, -0.1) is 0 Å². The van der Waals surface area contributed by atoms with Crippen LogP contribution in [0, 0.1) is 11.8 Å². The highest BCUT2D eigenvalue weighted by Gasteiger charge is 2.35. The van der Waals surface area contributed by atoms with Gasteiger partial charge in [0.15, 0.2) is 0 Å². The highest BCUT2D eigenvalue weighted by atomic mass is 19.4. The summed E-state index contributed by atoms with van der Waals surface area (Å²) in [6.45, 7) is 0. The van der Waals surface area contributed by atoms with Gasteiger partial charge in [0.25, 0.3) is 11.8 Å². The summed E-state index contributed by atoms with van der Waals surface area (Å²) < 4.78 is 80.5. The Balaban J connectivity index is 2.03. The first-order valence-corrected chi connectivity index (χ1v) is 10.2.